The molecule has 94 valence electrons. The summed E-state index contributed by atoms with van der Waals surface area (Å²) in [7, 11) is 0. The number of thiophene rings is 1. The second-order valence-electron chi connectivity index (χ2n) is 5.15. The van der Waals surface area contributed by atoms with Crippen molar-refractivity contribution in [1.29, 1.82) is 0 Å². The van der Waals surface area contributed by atoms with Crippen LogP contribution in [0.25, 0.3) is 0 Å². The molecule has 17 heavy (non-hydrogen) atoms. The maximum absolute atomic E-state index is 11.2. The second kappa shape index (κ2) is 5.53. The van der Waals surface area contributed by atoms with Gasteiger partial charge < -0.3 is 4.79 Å². The van der Waals surface area contributed by atoms with E-state index in [9.17, 15) is 4.79 Å². The Kier molecular flexibility index (Phi) is 4.26. The van der Waals surface area contributed by atoms with Crippen molar-refractivity contribution in [2.45, 2.75) is 57.3 Å². The van der Waals surface area contributed by atoms with Gasteiger partial charge in [0.1, 0.15) is 5.78 Å². The van der Waals surface area contributed by atoms with Crippen molar-refractivity contribution in [2.24, 2.45) is 0 Å². The van der Waals surface area contributed by atoms with E-state index in [2.05, 4.69) is 6.07 Å². The molecule has 1 aromatic rings. The summed E-state index contributed by atoms with van der Waals surface area (Å²) in [5, 5.41) is 0. The Morgan fingerprint density at radius 3 is 2.59 bits per heavy atom. The third-order valence-corrected chi connectivity index (χ3v) is 5.34. The molecule has 0 radical (unpaired) electrons. The summed E-state index contributed by atoms with van der Waals surface area (Å²) in [6.07, 6.45) is 8.05. The fourth-order valence-corrected chi connectivity index (χ4v) is 4.18. The molecule has 0 saturated heterocycles. The molecule has 2 rings (SSSR count). The van der Waals surface area contributed by atoms with Crippen LogP contribution in [0, 0.1) is 0 Å². The van der Waals surface area contributed by atoms with Crippen LogP contribution in [0.5, 0.6) is 0 Å². The maximum atomic E-state index is 11.2. The fourth-order valence-electron chi connectivity index (χ4n) is 2.86. The largest absolute Gasteiger partial charge is 0.300 e. The van der Waals surface area contributed by atoms with Gasteiger partial charge in [-0.15, -0.1) is 11.3 Å². The molecule has 1 fully saturated rings. The van der Waals surface area contributed by atoms with Crippen LogP contribution in [0.2, 0.25) is 4.34 Å². The highest BCUT2D eigenvalue weighted by molar-refractivity contribution is 7.16. The number of hydrogen-bond acceptors (Lipinski definition) is 2. The van der Waals surface area contributed by atoms with Gasteiger partial charge in [-0.25, -0.2) is 0 Å². The first-order chi connectivity index (χ1) is 8.12. The first kappa shape index (κ1) is 13.1. The first-order valence-electron chi connectivity index (χ1n) is 6.38. The van der Waals surface area contributed by atoms with Crippen LogP contribution in [0.4, 0.5) is 0 Å². The highest BCUT2D eigenvalue weighted by Gasteiger charge is 2.34. The van der Waals surface area contributed by atoms with Crippen LogP contribution in [-0.4, -0.2) is 5.78 Å². The summed E-state index contributed by atoms with van der Waals surface area (Å²) in [4.78, 5) is 12.6. The minimum absolute atomic E-state index is 0.238. The molecule has 1 saturated carbocycles. The molecule has 1 aliphatic rings. The highest BCUT2D eigenvalue weighted by Crippen LogP contribution is 2.46. The van der Waals surface area contributed by atoms with Crippen molar-refractivity contribution < 1.29 is 4.79 Å². The second-order valence-corrected chi connectivity index (χ2v) is 6.86. The summed E-state index contributed by atoms with van der Waals surface area (Å²) in [6, 6.07) is 4.16. The number of carbonyl (C=O) groups is 1. The van der Waals surface area contributed by atoms with Gasteiger partial charge in [-0.1, -0.05) is 30.9 Å². The van der Waals surface area contributed by atoms with E-state index in [0.29, 0.717) is 12.2 Å². The minimum Gasteiger partial charge on any atom is -0.300 e. The number of ketones is 1. The zero-order valence-corrected chi connectivity index (χ0v) is 11.9. The van der Waals surface area contributed by atoms with Crippen LogP contribution in [0.1, 0.15) is 56.7 Å². The van der Waals surface area contributed by atoms with Crippen molar-refractivity contribution in [1.82, 2.24) is 0 Å². The van der Waals surface area contributed by atoms with Gasteiger partial charge in [0.2, 0.25) is 0 Å². The van der Waals surface area contributed by atoms with Gasteiger partial charge in [0.25, 0.3) is 0 Å². The van der Waals surface area contributed by atoms with Gasteiger partial charge in [0, 0.05) is 16.7 Å². The molecule has 1 heterocycles. The van der Waals surface area contributed by atoms with Gasteiger partial charge >= 0.3 is 0 Å². The average Bonchev–Trinajstić information content (AvgIpc) is 2.75. The molecule has 1 nitrogen and oxygen atoms in total. The molecule has 0 spiro atoms. The SMILES string of the molecule is CC(=O)CCC1(c2ccc(Cl)s2)CCCCC1. The summed E-state index contributed by atoms with van der Waals surface area (Å²) in [6.45, 7) is 1.69. The van der Waals surface area contributed by atoms with E-state index in [0.717, 1.165) is 10.8 Å². The van der Waals surface area contributed by atoms with E-state index in [-0.39, 0.29) is 5.41 Å². The fraction of sp³-hybridized carbons (Fsp3) is 0.643. The highest BCUT2D eigenvalue weighted by atomic mass is 35.5. The van der Waals surface area contributed by atoms with Crippen LogP contribution >= 0.6 is 22.9 Å². The first-order valence-corrected chi connectivity index (χ1v) is 7.57. The van der Waals surface area contributed by atoms with E-state index in [1.54, 1.807) is 18.3 Å². The molecule has 0 unspecified atom stereocenters. The molecular formula is C14H19ClOS. The lowest BCUT2D eigenvalue weighted by Crippen LogP contribution is -2.28. The quantitative estimate of drug-likeness (QED) is 0.755. The standard InChI is InChI=1S/C14H19ClOS/c1-11(16)7-10-14(8-3-2-4-9-14)12-5-6-13(15)17-12/h5-6H,2-4,7-10H2,1H3. The monoisotopic (exact) mass is 270 g/mol. The number of Topliss-reactive ketones (excluding diaryl/α,β-unsaturated/α-hetero) is 1. The number of carbonyl (C=O) groups excluding carboxylic acids is 1. The van der Waals surface area contributed by atoms with Crippen molar-refractivity contribution >= 4 is 28.7 Å². The molecular weight excluding hydrogens is 252 g/mol. The predicted octanol–water partition coefficient (Wildman–Crippen LogP) is 4.97. The molecule has 3 heteroatoms. The van der Waals surface area contributed by atoms with Gasteiger partial charge in [-0.05, 0) is 38.3 Å². The summed E-state index contributed by atoms with van der Waals surface area (Å²) < 4.78 is 0.868. The normalized spacial score (nSPS) is 19.2. The van der Waals surface area contributed by atoms with E-state index in [1.165, 1.54) is 37.0 Å². The summed E-state index contributed by atoms with van der Waals surface area (Å²) >= 11 is 7.75. The smallest absolute Gasteiger partial charge is 0.129 e. The Bertz CT molecular complexity index is 391. The van der Waals surface area contributed by atoms with E-state index >= 15 is 0 Å². The number of halogens is 1. The van der Waals surface area contributed by atoms with Crippen molar-refractivity contribution in [3.05, 3.63) is 21.3 Å². The Morgan fingerprint density at radius 2 is 2.06 bits per heavy atom. The van der Waals surface area contributed by atoms with Crippen molar-refractivity contribution in [3.8, 4) is 0 Å². The van der Waals surface area contributed by atoms with Crippen LogP contribution < -0.4 is 0 Å². The zero-order valence-electron chi connectivity index (χ0n) is 10.3. The number of rotatable bonds is 4. The van der Waals surface area contributed by atoms with E-state index in [4.69, 9.17) is 11.6 Å². The lowest BCUT2D eigenvalue weighted by atomic mass is 9.70. The maximum Gasteiger partial charge on any atom is 0.129 e. The zero-order chi connectivity index (χ0) is 12.3. The average molecular weight is 271 g/mol. The summed E-state index contributed by atoms with van der Waals surface area (Å²) in [5.74, 6) is 0.303. The Balaban J connectivity index is 2.19. The molecule has 1 aliphatic carbocycles. The van der Waals surface area contributed by atoms with Crippen LogP contribution in [0.3, 0.4) is 0 Å². The van der Waals surface area contributed by atoms with Gasteiger partial charge in [0.05, 0.1) is 4.34 Å². The Labute approximate surface area is 112 Å². The minimum atomic E-state index is 0.238. The molecule has 0 N–H and O–H groups in total. The third-order valence-electron chi connectivity index (χ3n) is 3.86. The third kappa shape index (κ3) is 3.11. The molecule has 0 aromatic carbocycles. The van der Waals surface area contributed by atoms with Gasteiger partial charge in [0.15, 0.2) is 0 Å². The molecule has 0 amide bonds. The Hall–Kier alpha value is -0.340. The van der Waals surface area contributed by atoms with Crippen molar-refractivity contribution in [3.63, 3.8) is 0 Å². The lowest BCUT2D eigenvalue weighted by molar-refractivity contribution is -0.117. The lowest BCUT2D eigenvalue weighted by Gasteiger charge is -2.36. The predicted molar refractivity (Wildman–Crippen MR) is 74.0 cm³/mol. The Morgan fingerprint density at radius 1 is 1.35 bits per heavy atom. The topological polar surface area (TPSA) is 17.1 Å². The van der Waals surface area contributed by atoms with Crippen LogP contribution in [-0.2, 0) is 10.2 Å². The molecule has 1 aromatic heterocycles. The summed E-state index contributed by atoms with van der Waals surface area (Å²) in [5.41, 5.74) is 0.238. The molecule has 0 atom stereocenters. The molecule has 0 aliphatic heterocycles. The van der Waals surface area contributed by atoms with Gasteiger partial charge in [-0.3, -0.25) is 0 Å². The van der Waals surface area contributed by atoms with E-state index in [1.807, 2.05) is 6.07 Å². The van der Waals surface area contributed by atoms with E-state index < -0.39 is 0 Å². The number of hydrogen-bond donors (Lipinski definition) is 0. The van der Waals surface area contributed by atoms with Gasteiger partial charge in [-0.2, -0.15) is 0 Å². The molecule has 0 bridgehead atoms. The van der Waals surface area contributed by atoms with Crippen LogP contribution in [0.15, 0.2) is 12.1 Å². The van der Waals surface area contributed by atoms with Crippen molar-refractivity contribution in [2.75, 3.05) is 0 Å².